The number of hydrogen-bond donors (Lipinski definition) is 2. The van der Waals surface area contributed by atoms with Crippen LogP contribution in [0.5, 0.6) is 5.88 Å². The number of rotatable bonds is 2. The number of benzene rings is 2. The van der Waals surface area contributed by atoms with Gasteiger partial charge in [0.15, 0.2) is 5.88 Å². The molecule has 0 saturated heterocycles. The highest BCUT2D eigenvalue weighted by Gasteiger charge is 2.29. The minimum Gasteiger partial charge on any atom is -0.494 e. The molecule has 0 radical (unpaired) electrons. The fourth-order valence-corrected chi connectivity index (χ4v) is 3.30. The summed E-state index contributed by atoms with van der Waals surface area (Å²) in [7, 11) is 1.50. The van der Waals surface area contributed by atoms with Gasteiger partial charge in [-0.15, -0.1) is 0 Å². The second kappa shape index (κ2) is 5.24. The molecule has 23 heavy (non-hydrogen) atoms. The first-order chi connectivity index (χ1) is 11.2. The van der Waals surface area contributed by atoms with Crippen LogP contribution in [0.15, 0.2) is 57.1 Å². The van der Waals surface area contributed by atoms with E-state index in [9.17, 15) is 5.11 Å². The molecule has 0 amide bonds. The number of H-pyrrole nitrogens is 1. The lowest BCUT2D eigenvalue weighted by atomic mass is 10.0. The van der Waals surface area contributed by atoms with Gasteiger partial charge in [-0.25, -0.2) is 4.99 Å². The molecule has 2 N–H and O–H groups in total. The number of fused-ring (bicyclic) bond motifs is 2. The van der Waals surface area contributed by atoms with E-state index in [-0.39, 0.29) is 5.88 Å². The molecule has 4 rings (SSSR count). The highest BCUT2D eigenvalue weighted by Crippen LogP contribution is 2.37. The Morgan fingerprint density at radius 2 is 2.00 bits per heavy atom. The zero-order chi connectivity index (χ0) is 16.0. The molecule has 0 atom stereocenters. The molecule has 0 spiro atoms. The smallest absolute Gasteiger partial charge is 0.199 e. The second-order valence-corrected chi connectivity index (χ2v) is 5.97. The maximum atomic E-state index is 10.4. The molecule has 0 fully saturated rings. The summed E-state index contributed by atoms with van der Waals surface area (Å²) in [6, 6.07) is 13.5. The Morgan fingerprint density at radius 1 is 1.17 bits per heavy atom. The van der Waals surface area contributed by atoms with Gasteiger partial charge in [-0.3, -0.25) is 0 Å². The number of para-hydroxylation sites is 2. The predicted molar refractivity (Wildman–Crippen MR) is 93.8 cm³/mol. The summed E-state index contributed by atoms with van der Waals surface area (Å²) in [5.74, 6) is 0.0576. The summed E-state index contributed by atoms with van der Waals surface area (Å²) in [4.78, 5) is 12.6. The molecule has 1 aliphatic heterocycles. The fourth-order valence-electron chi connectivity index (χ4n) is 2.84. The van der Waals surface area contributed by atoms with Gasteiger partial charge in [0.2, 0.25) is 0 Å². The van der Waals surface area contributed by atoms with E-state index in [0.717, 1.165) is 26.6 Å². The first-order valence-corrected chi connectivity index (χ1v) is 7.79. The lowest BCUT2D eigenvalue weighted by molar-refractivity contribution is 0.214. The van der Waals surface area contributed by atoms with Gasteiger partial charge in [-0.05, 0) is 28.1 Å². The van der Waals surface area contributed by atoms with Crippen LogP contribution in [0.25, 0.3) is 10.9 Å². The normalized spacial score (nSPS) is 15.0. The molecule has 114 valence electrons. The van der Waals surface area contributed by atoms with Crippen molar-refractivity contribution in [2.45, 2.75) is 0 Å². The van der Waals surface area contributed by atoms with Crippen LogP contribution >= 0.6 is 15.9 Å². The molecular formula is C17H12BrN3O2. The molecule has 2 aromatic carbocycles. The maximum absolute atomic E-state index is 10.4. The van der Waals surface area contributed by atoms with Crippen LogP contribution in [0, 0.1) is 0 Å². The number of oxime groups is 1. The number of hydrogen-bond acceptors (Lipinski definition) is 4. The molecular weight excluding hydrogens is 358 g/mol. The molecule has 2 heterocycles. The fraction of sp³-hybridized carbons (Fsp3) is 0.0588. The van der Waals surface area contributed by atoms with Crippen molar-refractivity contribution in [1.82, 2.24) is 4.98 Å². The maximum Gasteiger partial charge on any atom is 0.199 e. The third kappa shape index (κ3) is 2.06. The van der Waals surface area contributed by atoms with E-state index < -0.39 is 0 Å². The summed E-state index contributed by atoms with van der Waals surface area (Å²) in [6.45, 7) is 0. The number of halogens is 1. The van der Waals surface area contributed by atoms with E-state index in [1.165, 1.54) is 7.11 Å². The van der Waals surface area contributed by atoms with Crippen LogP contribution in [0.4, 0.5) is 5.69 Å². The van der Waals surface area contributed by atoms with Crippen molar-refractivity contribution in [3.8, 4) is 5.88 Å². The number of nitrogens with zero attached hydrogens (tertiary/aromatic N) is 2. The number of aliphatic imine (C=N–C) groups is 1. The molecule has 0 aliphatic carbocycles. The topological polar surface area (TPSA) is 70.0 Å². The minimum absolute atomic E-state index is 0.0576. The highest BCUT2D eigenvalue weighted by atomic mass is 79.9. The van der Waals surface area contributed by atoms with Gasteiger partial charge < -0.3 is 14.9 Å². The molecule has 1 aliphatic rings. The summed E-state index contributed by atoms with van der Waals surface area (Å²) in [6.07, 6.45) is 0. The van der Waals surface area contributed by atoms with Crippen molar-refractivity contribution >= 4 is 43.9 Å². The van der Waals surface area contributed by atoms with Crippen molar-refractivity contribution in [1.29, 1.82) is 0 Å². The minimum atomic E-state index is 0.0576. The molecule has 1 aromatic heterocycles. The highest BCUT2D eigenvalue weighted by molar-refractivity contribution is 9.10. The third-order valence-electron chi connectivity index (χ3n) is 3.80. The van der Waals surface area contributed by atoms with Gasteiger partial charge in [0.1, 0.15) is 18.5 Å². The number of aromatic hydroxyl groups is 1. The van der Waals surface area contributed by atoms with E-state index >= 15 is 0 Å². The van der Waals surface area contributed by atoms with Crippen LogP contribution in [0.3, 0.4) is 0 Å². The van der Waals surface area contributed by atoms with Crippen molar-refractivity contribution < 1.29 is 9.94 Å². The molecule has 5 nitrogen and oxygen atoms in total. The number of aromatic nitrogens is 1. The van der Waals surface area contributed by atoms with Gasteiger partial charge >= 0.3 is 0 Å². The number of aromatic amines is 1. The SMILES string of the molecule is CO/N=C1/C(c2c(O)[nH]c3c(Br)cccc23)=Nc2ccccc21. The van der Waals surface area contributed by atoms with E-state index in [4.69, 9.17) is 4.84 Å². The lowest BCUT2D eigenvalue weighted by Crippen LogP contribution is -2.13. The monoisotopic (exact) mass is 369 g/mol. The average molecular weight is 370 g/mol. The molecule has 6 heteroatoms. The molecule has 0 saturated carbocycles. The third-order valence-corrected chi connectivity index (χ3v) is 4.46. The summed E-state index contributed by atoms with van der Waals surface area (Å²) < 4.78 is 0.873. The first kappa shape index (κ1) is 14.0. The lowest BCUT2D eigenvalue weighted by Gasteiger charge is -2.03. The van der Waals surface area contributed by atoms with E-state index in [1.807, 2.05) is 42.5 Å². The van der Waals surface area contributed by atoms with Gasteiger partial charge in [0.05, 0.1) is 16.8 Å². The van der Waals surface area contributed by atoms with Crippen LogP contribution < -0.4 is 0 Å². The van der Waals surface area contributed by atoms with Crippen molar-refractivity contribution in [2.75, 3.05) is 7.11 Å². The van der Waals surface area contributed by atoms with Crippen molar-refractivity contribution in [3.05, 3.63) is 58.1 Å². The van der Waals surface area contributed by atoms with Gasteiger partial charge in [0.25, 0.3) is 0 Å². The standard InChI is InChI=1S/C17H12BrN3O2/c1-23-21-15-9-5-2-3-8-12(9)19-16(15)13-10-6-4-7-11(18)14(10)20-17(13)22/h2-8,20,22H,1H3/b21-15+. The van der Waals surface area contributed by atoms with Crippen LogP contribution in [-0.4, -0.2) is 28.6 Å². The Kier molecular flexibility index (Phi) is 3.20. The predicted octanol–water partition coefficient (Wildman–Crippen LogP) is 4.12. The van der Waals surface area contributed by atoms with Crippen LogP contribution in [0.2, 0.25) is 0 Å². The molecule has 0 unspecified atom stereocenters. The largest absolute Gasteiger partial charge is 0.494 e. The average Bonchev–Trinajstić information content (AvgIpc) is 3.06. The Balaban J connectivity index is 2.00. The second-order valence-electron chi connectivity index (χ2n) is 5.11. The van der Waals surface area contributed by atoms with Gasteiger partial charge in [0, 0.05) is 15.4 Å². The summed E-state index contributed by atoms with van der Waals surface area (Å²) in [5.41, 5.74) is 4.33. The summed E-state index contributed by atoms with van der Waals surface area (Å²) in [5, 5.41) is 15.4. The van der Waals surface area contributed by atoms with Crippen LogP contribution in [0.1, 0.15) is 11.1 Å². The zero-order valence-corrected chi connectivity index (χ0v) is 13.8. The Bertz CT molecular complexity index is 989. The van der Waals surface area contributed by atoms with Gasteiger partial charge in [-0.1, -0.05) is 35.5 Å². The zero-order valence-electron chi connectivity index (χ0n) is 12.2. The Hall–Kier alpha value is -2.60. The van der Waals surface area contributed by atoms with Crippen LogP contribution in [-0.2, 0) is 4.84 Å². The van der Waals surface area contributed by atoms with E-state index in [1.54, 1.807) is 0 Å². The summed E-state index contributed by atoms with van der Waals surface area (Å²) >= 11 is 3.49. The number of nitrogens with one attached hydrogen (secondary N) is 1. The quantitative estimate of drug-likeness (QED) is 0.667. The Labute approximate surface area is 140 Å². The van der Waals surface area contributed by atoms with E-state index in [0.29, 0.717) is 17.0 Å². The van der Waals surface area contributed by atoms with Crippen molar-refractivity contribution in [2.24, 2.45) is 10.1 Å². The first-order valence-electron chi connectivity index (χ1n) is 7.00. The molecule has 3 aromatic rings. The van der Waals surface area contributed by atoms with E-state index in [2.05, 4.69) is 31.1 Å². The van der Waals surface area contributed by atoms with Gasteiger partial charge in [-0.2, -0.15) is 0 Å². The Morgan fingerprint density at radius 3 is 2.83 bits per heavy atom. The molecule has 0 bridgehead atoms. The van der Waals surface area contributed by atoms with Crippen molar-refractivity contribution in [3.63, 3.8) is 0 Å².